The third-order valence-electron chi connectivity index (χ3n) is 2.72. The molecule has 1 heterocycles. The lowest BCUT2D eigenvalue weighted by molar-refractivity contribution is -0.128. The quantitative estimate of drug-likeness (QED) is 0.522. The molecule has 2 heteroatoms. The molecule has 0 unspecified atom stereocenters. The highest BCUT2D eigenvalue weighted by Gasteiger charge is 2.52. The molecule has 11 heavy (non-hydrogen) atoms. The monoisotopic (exact) mass is 155 g/mol. The van der Waals surface area contributed by atoms with Crippen molar-refractivity contribution in [1.29, 1.82) is 0 Å². The van der Waals surface area contributed by atoms with Crippen molar-refractivity contribution >= 4 is 5.91 Å². The van der Waals surface area contributed by atoms with E-state index in [2.05, 4.69) is 0 Å². The Morgan fingerprint density at radius 3 is 2.00 bits per heavy atom. The maximum Gasteiger partial charge on any atom is 0.222 e. The summed E-state index contributed by atoms with van der Waals surface area (Å²) in [7, 11) is 1.93. The van der Waals surface area contributed by atoms with Gasteiger partial charge in [0, 0.05) is 19.0 Å². The molecule has 0 N–H and O–H groups in total. The molecule has 0 bridgehead atoms. The van der Waals surface area contributed by atoms with Crippen LogP contribution in [0.3, 0.4) is 0 Å². The van der Waals surface area contributed by atoms with Gasteiger partial charge in [0.1, 0.15) is 0 Å². The van der Waals surface area contributed by atoms with Gasteiger partial charge < -0.3 is 4.90 Å². The number of rotatable bonds is 0. The molecule has 2 aliphatic rings. The van der Waals surface area contributed by atoms with Gasteiger partial charge in [0.05, 0.1) is 0 Å². The lowest BCUT2D eigenvalue weighted by Crippen LogP contribution is -2.29. The average molecular weight is 155 g/mol. The highest BCUT2D eigenvalue weighted by molar-refractivity contribution is 5.80. The van der Waals surface area contributed by atoms with E-state index < -0.39 is 0 Å². The summed E-state index contributed by atoms with van der Waals surface area (Å²) < 4.78 is 0. The lowest BCUT2D eigenvalue weighted by Gasteiger charge is -2.17. The molecule has 2 nitrogen and oxygen atoms in total. The number of amides is 1. The van der Waals surface area contributed by atoms with E-state index in [-0.39, 0.29) is 0 Å². The molecule has 0 aromatic heterocycles. The zero-order valence-corrected chi connectivity index (χ0v) is 7.68. The topological polar surface area (TPSA) is 20.3 Å². The molecule has 0 radical (unpaired) electrons. The van der Waals surface area contributed by atoms with Crippen LogP contribution < -0.4 is 0 Å². The molecule has 1 amide bonds. The van der Waals surface area contributed by atoms with Crippen LogP contribution in [0.15, 0.2) is 0 Å². The number of likely N-dealkylation sites (tertiary alicyclic amines) is 1. The first-order chi connectivity index (χ1) is 5.25. The summed E-state index contributed by atoms with van der Waals surface area (Å²) in [5.41, 5.74) is 0.358. The number of hydrogen-bond donors (Lipinski definition) is 0. The van der Waals surface area contributed by atoms with Gasteiger partial charge in [0.15, 0.2) is 0 Å². The molecule has 0 aromatic rings. The Bertz CT molecular complexity index is 161. The van der Waals surface area contributed by atoms with Crippen LogP contribution in [0.4, 0.5) is 0 Å². The first-order valence-electron chi connectivity index (χ1n) is 4.51. The smallest absolute Gasteiger partial charge is 0.222 e. The Balaban J connectivity index is 0.000000281. The minimum Gasteiger partial charge on any atom is -0.340 e. The molecule has 1 spiro atoms. The summed E-state index contributed by atoms with van der Waals surface area (Å²) in [6, 6.07) is 0. The molecule has 1 aliphatic carbocycles. The van der Waals surface area contributed by atoms with E-state index in [1.807, 2.05) is 25.8 Å². The van der Waals surface area contributed by atoms with Gasteiger partial charge in [-0.25, -0.2) is 0 Å². The second-order valence-electron chi connectivity index (χ2n) is 3.18. The van der Waals surface area contributed by atoms with Crippen LogP contribution in [0.5, 0.6) is 0 Å². The van der Waals surface area contributed by atoms with E-state index in [0.29, 0.717) is 11.4 Å². The Hall–Kier alpha value is -0.530. The molecular weight excluding hydrogens is 138 g/mol. The normalized spacial score (nSPS) is 25.0. The van der Waals surface area contributed by atoms with Gasteiger partial charge in [-0.15, -0.1) is 0 Å². The van der Waals surface area contributed by atoms with Gasteiger partial charge in [-0.2, -0.15) is 0 Å². The van der Waals surface area contributed by atoms with E-state index in [1.165, 1.54) is 12.8 Å². The zero-order chi connectivity index (χ0) is 8.48. The predicted molar refractivity (Wildman–Crippen MR) is 45.3 cm³/mol. The summed E-state index contributed by atoms with van der Waals surface area (Å²) >= 11 is 0. The highest BCUT2D eigenvalue weighted by Crippen LogP contribution is 2.48. The minimum atomic E-state index is 0.340. The average Bonchev–Trinajstić information content (AvgIpc) is 2.78. The largest absolute Gasteiger partial charge is 0.340 e. The Morgan fingerprint density at radius 1 is 1.27 bits per heavy atom. The van der Waals surface area contributed by atoms with E-state index in [9.17, 15) is 4.79 Å². The summed E-state index contributed by atoms with van der Waals surface area (Å²) in [6.07, 6.45) is 4.39. The maximum atomic E-state index is 11.0. The van der Waals surface area contributed by atoms with Crippen molar-refractivity contribution in [2.24, 2.45) is 0 Å². The van der Waals surface area contributed by atoms with Gasteiger partial charge in [-0.1, -0.05) is 13.8 Å². The van der Waals surface area contributed by atoms with Gasteiger partial charge in [-0.3, -0.25) is 4.79 Å². The number of hydrogen-bond acceptors (Lipinski definition) is 1. The second kappa shape index (κ2) is 2.84. The molecule has 2 fully saturated rings. The Labute approximate surface area is 68.6 Å². The number of carbonyl (C=O) groups excluding carboxylic acids is 1. The number of carbonyl (C=O) groups is 1. The molecular formula is C9H17NO. The maximum absolute atomic E-state index is 11.0. The molecule has 1 saturated heterocycles. The van der Waals surface area contributed by atoms with Crippen molar-refractivity contribution in [2.75, 3.05) is 7.05 Å². The summed E-state index contributed by atoms with van der Waals surface area (Å²) in [6.45, 7) is 4.00. The summed E-state index contributed by atoms with van der Waals surface area (Å²) in [4.78, 5) is 12.9. The summed E-state index contributed by atoms with van der Waals surface area (Å²) in [5.74, 6) is 0.340. The first-order valence-corrected chi connectivity index (χ1v) is 4.51. The molecule has 1 saturated carbocycles. The first kappa shape index (κ1) is 8.57. The van der Waals surface area contributed by atoms with E-state index in [0.717, 1.165) is 12.8 Å². The number of nitrogens with zero attached hydrogens (tertiary/aromatic N) is 1. The van der Waals surface area contributed by atoms with Crippen LogP contribution in [-0.4, -0.2) is 23.4 Å². The van der Waals surface area contributed by atoms with Crippen LogP contribution in [-0.2, 0) is 4.79 Å². The van der Waals surface area contributed by atoms with Crippen molar-refractivity contribution < 1.29 is 4.79 Å². The van der Waals surface area contributed by atoms with E-state index in [1.54, 1.807) is 0 Å². The lowest BCUT2D eigenvalue weighted by atomic mass is 10.2. The van der Waals surface area contributed by atoms with Crippen LogP contribution in [0.1, 0.15) is 39.5 Å². The fourth-order valence-corrected chi connectivity index (χ4v) is 1.67. The van der Waals surface area contributed by atoms with Crippen molar-refractivity contribution in [1.82, 2.24) is 4.90 Å². The van der Waals surface area contributed by atoms with Crippen LogP contribution in [0, 0.1) is 0 Å². The third kappa shape index (κ3) is 1.26. The van der Waals surface area contributed by atoms with Crippen molar-refractivity contribution in [2.45, 2.75) is 45.1 Å². The van der Waals surface area contributed by atoms with Crippen molar-refractivity contribution in [3.05, 3.63) is 0 Å². The van der Waals surface area contributed by atoms with Gasteiger partial charge in [0.25, 0.3) is 0 Å². The molecule has 2 rings (SSSR count). The standard InChI is InChI=1S/C7H11NO.C2H6/c1-8-6(9)2-3-7(8)4-5-7;1-2/h2-5H2,1H3;1-2H3. The second-order valence-corrected chi connectivity index (χ2v) is 3.18. The van der Waals surface area contributed by atoms with Crippen LogP contribution in [0.2, 0.25) is 0 Å². The van der Waals surface area contributed by atoms with Crippen LogP contribution >= 0.6 is 0 Å². The molecule has 1 aliphatic heterocycles. The highest BCUT2D eigenvalue weighted by atomic mass is 16.2. The predicted octanol–water partition coefficient (Wildman–Crippen LogP) is 1.80. The summed E-state index contributed by atoms with van der Waals surface area (Å²) in [5, 5.41) is 0. The van der Waals surface area contributed by atoms with Gasteiger partial charge in [-0.05, 0) is 19.3 Å². The van der Waals surface area contributed by atoms with E-state index in [4.69, 9.17) is 0 Å². The van der Waals surface area contributed by atoms with Crippen molar-refractivity contribution in [3.63, 3.8) is 0 Å². The fraction of sp³-hybridized carbons (Fsp3) is 0.889. The van der Waals surface area contributed by atoms with Crippen molar-refractivity contribution in [3.8, 4) is 0 Å². The van der Waals surface area contributed by atoms with Gasteiger partial charge in [0.2, 0.25) is 5.91 Å². The van der Waals surface area contributed by atoms with Crippen LogP contribution in [0.25, 0.3) is 0 Å². The van der Waals surface area contributed by atoms with Gasteiger partial charge >= 0.3 is 0 Å². The Kier molecular flexibility index (Phi) is 2.21. The third-order valence-corrected chi connectivity index (χ3v) is 2.72. The molecule has 0 atom stereocenters. The minimum absolute atomic E-state index is 0.340. The molecule has 0 aromatic carbocycles. The van der Waals surface area contributed by atoms with E-state index >= 15 is 0 Å². The fourth-order valence-electron chi connectivity index (χ4n) is 1.67. The zero-order valence-electron chi connectivity index (χ0n) is 7.68. The molecule has 64 valence electrons. The Morgan fingerprint density at radius 2 is 1.82 bits per heavy atom. The SMILES string of the molecule is CC.CN1C(=O)CCC12CC2.